The number of halogens is 1. The van der Waals surface area contributed by atoms with E-state index in [2.05, 4.69) is 5.16 Å². The lowest BCUT2D eigenvalue weighted by atomic mass is 9.88. The number of carbonyl (C=O) groups is 2. The fourth-order valence-corrected chi connectivity index (χ4v) is 3.52. The van der Waals surface area contributed by atoms with Gasteiger partial charge in [-0.25, -0.2) is 0 Å². The number of nitrogens with zero attached hydrogens (tertiary/aromatic N) is 2. The average molecular weight is 379 g/mol. The fraction of sp³-hybridized carbons (Fsp3) is 0.389. The summed E-state index contributed by atoms with van der Waals surface area (Å²) in [5.41, 5.74) is 0.157. The Hall–Kier alpha value is -2.38. The van der Waals surface area contributed by atoms with Crippen LogP contribution in [0.15, 0.2) is 28.8 Å². The molecule has 0 saturated carbocycles. The molecule has 1 aliphatic heterocycles. The molecule has 1 amide bonds. The van der Waals surface area contributed by atoms with Gasteiger partial charge < -0.3 is 19.3 Å². The van der Waals surface area contributed by atoms with Gasteiger partial charge in [-0.05, 0) is 19.4 Å². The Kier molecular flexibility index (Phi) is 5.02. The third kappa shape index (κ3) is 3.08. The minimum atomic E-state index is -1.10. The van der Waals surface area contributed by atoms with Crippen LogP contribution in [0.5, 0.6) is 0 Å². The summed E-state index contributed by atoms with van der Waals surface area (Å²) in [5.74, 6) is -0.926. The van der Waals surface area contributed by atoms with Crippen LogP contribution >= 0.6 is 11.6 Å². The van der Waals surface area contributed by atoms with Crippen molar-refractivity contribution in [3.05, 3.63) is 40.6 Å². The number of carboxylic acid groups (broad SMARTS) is 1. The molecule has 1 fully saturated rings. The Morgan fingerprint density at radius 3 is 2.81 bits per heavy atom. The van der Waals surface area contributed by atoms with Crippen LogP contribution in [0.2, 0.25) is 5.02 Å². The van der Waals surface area contributed by atoms with E-state index >= 15 is 0 Å². The first-order chi connectivity index (χ1) is 12.4. The minimum absolute atomic E-state index is 0.0477. The third-order valence-corrected chi connectivity index (χ3v) is 5.05. The number of carbonyl (C=O) groups excluding carboxylic acids is 1. The van der Waals surface area contributed by atoms with E-state index in [1.54, 1.807) is 31.2 Å². The summed E-state index contributed by atoms with van der Waals surface area (Å²) >= 11 is 6.23. The maximum Gasteiger partial charge on any atom is 0.313 e. The van der Waals surface area contributed by atoms with Crippen LogP contribution in [0, 0.1) is 12.3 Å². The van der Waals surface area contributed by atoms with E-state index in [0.29, 0.717) is 40.6 Å². The molecule has 1 N–H and O–H groups in total. The molecule has 1 aromatic carbocycles. The van der Waals surface area contributed by atoms with Gasteiger partial charge in [0.05, 0.1) is 11.6 Å². The highest BCUT2D eigenvalue weighted by Gasteiger charge is 2.47. The van der Waals surface area contributed by atoms with Gasteiger partial charge >= 0.3 is 5.97 Å². The molecule has 138 valence electrons. The van der Waals surface area contributed by atoms with Gasteiger partial charge in [-0.3, -0.25) is 9.59 Å². The van der Waals surface area contributed by atoms with E-state index < -0.39 is 11.4 Å². The maximum atomic E-state index is 13.1. The summed E-state index contributed by atoms with van der Waals surface area (Å²) in [6.45, 7) is 2.09. The van der Waals surface area contributed by atoms with E-state index in [0.717, 1.165) is 0 Å². The monoisotopic (exact) mass is 378 g/mol. The highest BCUT2D eigenvalue weighted by Crippen LogP contribution is 2.35. The molecule has 1 aliphatic rings. The zero-order valence-corrected chi connectivity index (χ0v) is 15.2. The van der Waals surface area contributed by atoms with E-state index in [1.807, 2.05) is 0 Å². The smallest absolute Gasteiger partial charge is 0.313 e. The second-order valence-electron chi connectivity index (χ2n) is 6.44. The number of hydrogen-bond acceptors (Lipinski definition) is 5. The summed E-state index contributed by atoms with van der Waals surface area (Å²) in [5, 5.41) is 14.0. The first kappa shape index (κ1) is 18.4. The van der Waals surface area contributed by atoms with Gasteiger partial charge in [-0.15, -0.1) is 0 Å². The summed E-state index contributed by atoms with van der Waals surface area (Å²) in [7, 11) is 1.45. The van der Waals surface area contributed by atoms with Crippen LogP contribution < -0.4 is 0 Å². The molecule has 0 radical (unpaired) electrons. The van der Waals surface area contributed by atoms with Crippen LogP contribution in [0.4, 0.5) is 0 Å². The second-order valence-corrected chi connectivity index (χ2v) is 6.84. The highest BCUT2D eigenvalue weighted by atomic mass is 35.5. The molecule has 1 saturated heterocycles. The van der Waals surface area contributed by atoms with Crippen molar-refractivity contribution in [1.82, 2.24) is 10.1 Å². The fourth-order valence-electron chi connectivity index (χ4n) is 3.30. The van der Waals surface area contributed by atoms with Gasteiger partial charge in [0.25, 0.3) is 5.91 Å². The zero-order chi connectivity index (χ0) is 18.9. The molecule has 1 atom stereocenters. The first-order valence-electron chi connectivity index (χ1n) is 8.12. The number of likely N-dealkylation sites (tertiary alicyclic amines) is 1. The zero-order valence-electron chi connectivity index (χ0n) is 14.5. The Morgan fingerprint density at radius 1 is 1.42 bits per heavy atom. The van der Waals surface area contributed by atoms with Gasteiger partial charge in [0, 0.05) is 25.8 Å². The number of aromatic nitrogens is 1. The molecule has 0 aliphatic carbocycles. The Labute approximate surface area is 155 Å². The van der Waals surface area contributed by atoms with Crippen LogP contribution in [0.3, 0.4) is 0 Å². The lowest BCUT2D eigenvalue weighted by molar-refractivity contribution is -0.151. The summed E-state index contributed by atoms with van der Waals surface area (Å²) in [4.78, 5) is 26.3. The topological polar surface area (TPSA) is 92.9 Å². The normalized spacial score (nSPS) is 19.7. The van der Waals surface area contributed by atoms with Crippen molar-refractivity contribution in [3.8, 4) is 11.3 Å². The van der Waals surface area contributed by atoms with E-state index in [1.165, 1.54) is 12.0 Å². The Morgan fingerprint density at radius 2 is 2.15 bits per heavy atom. The molecular weight excluding hydrogens is 360 g/mol. The summed E-state index contributed by atoms with van der Waals surface area (Å²) in [6, 6.07) is 7.04. The van der Waals surface area contributed by atoms with Crippen molar-refractivity contribution >= 4 is 23.5 Å². The molecule has 26 heavy (non-hydrogen) atoms. The van der Waals surface area contributed by atoms with Crippen LogP contribution in [0.25, 0.3) is 11.3 Å². The average Bonchev–Trinajstić information content (AvgIpc) is 3.20. The number of amides is 1. The number of ether oxygens (including phenoxy) is 1. The molecule has 8 heteroatoms. The molecule has 0 spiro atoms. The molecule has 3 rings (SSSR count). The minimum Gasteiger partial charge on any atom is -0.481 e. The number of aryl methyl sites for hydroxylation is 1. The summed E-state index contributed by atoms with van der Waals surface area (Å²) in [6.07, 6.45) is 0.327. The molecular formula is C18H19ClN2O5. The van der Waals surface area contributed by atoms with Crippen molar-refractivity contribution in [1.29, 1.82) is 0 Å². The number of benzene rings is 1. The van der Waals surface area contributed by atoms with E-state index in [4.69, 9.17) is 20.9 Å². The van der Waals surface area contributed by atoms with Crippen molar-refractivity contribution < 1.29 is 24.0 Å². The second kappa shape index (κ2) is 7.09. The maximum absolute atomic E-state index is 13.1. The quantitative estimate of drug-likeness (QED) is 0.859. The molecule has 2 aromatic rings. The van der Waals surface area contributed by atoms with E-state index in [-0.39, 0.29) is 19.1 Å². The summed E-state index contributed by atoms with van der Waals surface area (Å²) < 4.78 is 10.3. The van der Waals surface area contributed by atoms with Crippen molar-refractivity contribution in [2.24, 2.45) is 5.41 Å². The van der Waals surface area contributed by atoms with Crippen LogP contribution in [-0.4, -0.2) is 53.8 Å². The van der Waals surface area contributed by atoms with Crippen LogP contribution in [0.1, 0.15) is 22.5 Å². The Bertz CT molecular complexity index is 850. The molecule has 7 nitrogen and oxygen atoms in total. The molecule has 1 aromatic heterocycles. The predicted molar refractivity (Wildman–Crippen MR) is 94.2 cm³/mol. The SMILES string of the molecule is COCC1(C(=O)O)CCN(C(=O)c2c(-c3ccccc3Cl)noc2C)C1. The standard InChI is InChI=1S/C18H19ClN2O5/c1-11-14(15(20-26-11)12-5-3-4-6-13(12)19)16(22)21-8-7-18(9-21,10-25-2)17(23)24/h3-6H,7-10H2,1-2H3,(H,23,24). The van der Waals surface area contributed by atoms with Crippen molar-refractivity contribution in [2.75, 3.05) is 26.8 Å². The van der Waals surface area contributed by atoms with Gasteiger partial charge in [-0.2, -0.15) is 0 Å². The van der Waals surface area contributed by atoms with E-state index in [9.17, 15) is 14.7 Å². The number of aliphatic carboxylic acids is 1. The van der Waals surface area contributed by atoms with Gasteiger partial charge in [0.15, 0.2) is 0 Å². The number of rotatable bonds is 5. The molecule has 2 heterocycles. The highest BCUT2D eigenvalue weighted by molar-refractivity contribution is 6.33. The molecule has 0 bridgehead atoms. The van der Waals surface area contributed by atoms with Crippen molar-refractivity contribution in [3.63, 3.8) is 0 Å². The van der Waals surface area contributed by atoms with Gasteiger partial charge in [0.2, 0.25) is 0 Å². The lowest BCUT2D eigenvalue weighted by Crippen LogP contribution is -2.40. The lowest BCUT2D eigenvalue weighted by Gasteiger charge is -2.23. The number of hydrogen-bond donors (Lipinski definition) is 1. The van der Waals surface area contributed by atoms with Gasteiger partial charge in [0.1, 0.15) is 22.4 Å². The van der Waals surface area contributed by atoms with Gasteiger partial charge in [-0.1, -0.05) is 35.0 Å². The predicted octanol–water partition coefficient (Wildman–Crippen LogP) is 2.87. The number of carboxylic acids is 1. The van der Waals surface area contributed by atoms with Crippen LogP contribution in [-0.2, 0) is 9.53 Å². The van der Waals surface area contributed by atoms with Crippen molar-refractivity contribution in [2.45, 2.75) is 13.3 Å². The number of methoxy groups -OCH3 is 1. The third-order valence-electron chi connectivity index (χ3n) is 4.72. The first-order valence-corrected chi connectivity index (χ1v) is 8.50. The largest absolute Gasteiger partial charge is 0.481 e. The molecule has 1 unspecified atom stereocenters. The Balaban J connectivity index is 1.94.